The Kier molecular flexibility index (Phi) is 17.6. The fourth-order valence-electron chi connectivity index (χ4n) is 11.9. The van der Waals surface area contributed by atoms with Gasteiger partial charge in [0.25, 0.3) is 0 Å². The number of hydrogen-bond donors (Lipinski definition) is 8. The lowest BCUT2D eigenvalue weighted by Gasteiger charge is -2.63. The number of allylic oxidation sites excluding steroid dienone is 4. The molecule has 414 valence electrons. The number of phosphoric acid groups is 1. The highest BCUT2D eigenvalue weighted by molar-refractivity contribution is 9.09. The number of Topliss-reactive ketones (excluding diaryl/α,β-unsaturated/α-hetero) is 1. The number of amides is 5. The quantitative estimate of drug-likeness (QED) is 0.0310. The SMILES string of the molecule is C[C@]12C=CC(=O)C=C1[C@@H](F)C[C@H]1[C@@H]3C[C@H]4O[C@@H](c5cc(Cc6ccc(COCNC(=O)CNC(=O)[C@H](Cc7ccccc7)NC(=O)CNC(=O)CNC(=O)CBr)cc6)cs5)O[C@@]4(C(=O)COP(=O)(O)O)[C@@]3(C)C[C@H](O)[C@@]12F. The summed E-state index contributed by atoms with van der Waals surface area (Å²) >= 11 is 4.26. The molecule has 20 nitrogen and oxygen atoms in total. The molecule has 77 heavy (non-hydrogen) atoms. The normalized spacial score (nSPS) is 29.4. The van der Waals surface area contributed by atoms with Crippen molar-refractivity contribution in [2.45, 2.75) is 94.5 Å². The molecular weight excluding hydrogens is 1120 g/mol. The van der Waals surface area contributed by atoms with Gasteiger partial charge in [0.15, 0.2) is 29.1 Å². The number of fused-ring (bicyclic) bond motifs is 7. The predicted octanol–water partition coefficient (Wildman–Crippen LogP) is 3.16. The molecule has 0 spiro atoms. The van der Waals surface area contributed by atoms with E-state index >= 15 is 8.78 Å². The number of aliphatic hydroxyl groups excluding tert-OH is 1. The summed E-state index contributed by atoms with van der Waals surface area (Å²) in [5, 5.41) is 26.2. The van der Waals surface area contributed by atoms with Crippen molar-refractivity contribution in [1.82, 2.24) is 26.6 Å². The molecule has 1 aliphatic heterocycles. The van der Waals surface area contributed by atoms with Gasteiger partial charge in [0.05, 0.1) is 48.7 Å². The maximum Gasteiger partial charge on any atom is 0.470 e. The lowest BCUT2D eigenvalue weighted by Crippen LogP contribution is -2.70. The van der Waals surface area contributed by atoms with Crippen LogP contribution < -0.4 is 26.6 Å². The number of alkyl halides is 3. The molecule has 2 heterocycles. The highest BCUT2D eigenvalue weighted by atomic mass is 79.9. The molecule has 4 fully saturated rings. The second kappa shape index (κ2) is 23.5. The van der Waals surface area contributed by atoms with Crippen LogP contribution in [0.3, 0.4) is 0 Å². The van der Waals surface area contributed by atoms with Crippen molar-refractivity contribution in [2.24, 2.45) is 22.7 Å². The fourth-order valence-corrected chi connectivity index (χ4v) is 13.2. The van der Waals surface area contributed by atoms with Gasteiger partial charge >= 0.3 is 7.82 Å². The molecule has 4 aliphatic carbocycles. The maximum atomic E-state index is 17.9. The highest BCUT2D eigenvalue weighted by Crippen LogP contribution is 2.73. The lowest BCUT2D eigenvalue weighted by atomic mass is 9.44. The number of carbonyl (C=O) groups excluding carboxylic acids is 7. The first-order valence-corrected chi connectivity index (χ1v) is 28.3. The zero-order valence-electron chi connectivity index (χ0n) is 41.8. The van der Waals surface area contributed by atoms with Gasteiger partial charge in [-0.2, -0.15) is 0 Å². The summed E-state index contributed by atoms with van der Waals surface area (Å²) in [6, 6.07) is 17.1. The number of nitrogens with one attached hydrogen (secondary N) is 5. The molecule has 0 radical (unpaired) electrons. The first-order valence-electron chi connectivity index (χ1n) is 24.7. The van der Waals surface area contributed by atoms with Crippen LogP contribution in [0.15, 0.2) is 89.8 Å². The van der Waals surface area contributed by atoms with E-state index in [1.807, 2.05) is 35.7 Å². The molecule has 11 atom stereocenters. The van der Waals surface area contributed by atoms with Crippen LogP contribution in [-0.4, -0.2) is 130 Å². The number of halogens is 3. The predicted molar refractivity (Wildman–Crippen MR) is 275 cm³/mol. The smallest absolute Gasteiger partial charge is 0.390 e. The van der Waals surface area contributed by atoms with Crippen LogP contribution in [0.2, 0.25) is 0 Å². The molecule has 8 rings (SSSR count). The van der Waals surface area contributed by atoms with Gasteiger partial charge < -0.3 is 55.7 Å². The average Bonchev–Trinajstić information content (AvgIpc) is 4.29. The Balaban J connectivity index is 0.836. The van der Waals surface area contributed by atoms with Crippen LogP contribution in [0.5, 0.6) is 0 Å². The molecule has 2 aromatic carbocycles. The molecule has 3 saturated carbocycles. The summed E-state index contributed by atoms with van der Waals surface area (Å²) in [5.74, 6) is -6.24. The third kappa shape index (κ3) is 12.1. The van der Waals surface area contributed by atoms with E-state index in [4.69, 9.17) is 18.7 Å². The lowest BCUT2D eigenvalue weighted by molar-refractivity contribution is -0.234. The van der Waals surface area contributed by atoms with Gasteiger partial charge in [0, 0.05) is 23.2 Å². The van der Waals surface area contributed by atoms with Crippen molar-refractivity contribution in [3.8, 4) is 0 Å². The maximum absolute atomic E-state index is 17.9. The van der Waals surface area contributed by atoms with Gasteiger partial charge in [-0.25, -0.2) is 13.3 Å². The van der Waals surface area contributed by atoms with Gasteiger partial charge in [-0.3, -0.25) is 38.1 Å². The minimum Gasteiger partial charge on any atom is -0.390 e. The molecule has 5 amide bonds. The molecule has 3 aromatic rings. The number of aliphatic hydroxyl groups is 1. The van der Waals surface area contributed by atoms with E-state index < -0.39 is 140 Å². The number of phosphoric ester groups is 1. The van der Waals surface area contributed by atoms with Gasteiger partial charge in [-0.05, 0) is 90.0 Å². The second-order valence-corrected chi connectivity index (χ2v) is 23.0. The minimum atomic E-state index is -5.16. The number of benzene rings is 2. The number of rotatable bonds is 22. The Morgan fingerprint density at radius 3 is 2.27 bits per heavy atom. The van der Waals surface area contributed by atoms with Gasteiger partial charge in [0.2, 0.25) is 29.5 Å². The number of hydrogen-bond acceptors (Lipinski definition) is 14. The van der Waals surface area contributed by atoms with E-state index in [2.05, 4.69) is 42.5 Å². The Bertz CT molecular complexity index is 2880. The Morgan fingerprint density at radius 1 is 0.883 bits per heavy atom. The summed E-state index contributed by atoms with van der Waals surface area (Å²) < 4.78 is 69.4. The van der Waals surface area contributed by atoms with Crippen LogP contribution >= 0.6 is 35.1 Å². The van der Waals surface area contributed by atoms with Gasteiger partial charge in [0.1, 0.15) is 25.6 Å². The van der Waals surface area contributed by atoms with Crippen molar-refractivity contribution in [2.75, 3.05) is 38.3 Å². The first kappa shape index (κ1) is 57.8. The van der Waals surface area contributed by atoms with Crippen LogP contribution in [-0.2, 0) is 76.3 Å². The van der Waals surface area contributed by atoms with Crippen molar-refractivity contribution in [3.05, 3.63) is 117 Å². The van der Waals surface area contributed by atoms with E-state index in [0.717, 1.165) is 28.3 Å². The van der Waals surface area contributed by atoms with Crippen LogP contribution in [0.4, 0.5) is 8.78 Å². The van der Waals surface area contributed by atoms with Crippen molar-refractivity contribution in [1.29, 1.82) is 0 Å². The molecule has 25 heteroatoms. The fraction of sp³-hybridized carbons (Fsp3) is 0.481. The van der Waals surface area contributed by atoms with Crippen molar-refractivity contribution in [3.63, 3.8) is 0 Å². The largest absolute Gasteiger partial charge is 0.470 e. The van der Waals surface area contributed by atoms with E-state index in [-0.39, 0.29) is 50.0 Å². The number of ether oxygens (including phenoxy) is 3. The molecule has 0 unspecified atom stereocenters. The molecular formula is C52H59BrF2N5O15PS. The van der Waals surface area contributed by atoms with Crippen LogP contribution in [0.25, 0.3) is 0 Å². The third-order valence-electron chi connectivity index (χ3n) is 15.5. The van der Waals surface area contributed by atoms with Gasteiger partial charge in [-0.15, -0.1) is 11.3 Å². The Hall–Kier alpha value is -5.40. The van der Waals surface area contributed by atoms with Crippen molar-refractivity contribution < 1.29 is 80.5 Å². The first-order chi connectivity index (χ1) is 36.5. The topological polar surface area (TPSA) is 294 Å². The number of ketones is 2. The summed E-state index contributed by atoms with van der Waals surface area (Å²) in [6.07, 6.45) is -2.40. The summed E-state index contributed by atoms with van der Waals surface area (Å²) in [6.45, 7) is 0.749. The van der Waals surface area contributed by atoms with Crippen molar-refractivity contribution >= 4 is 76.2 Å². The molecule has 5 aliphatic rings. The van der Waals surface area contributed by atoms with Gasteiger partial charge in [-0.1, -0.05) is 83.5 Å². The monoisotopic (exact) mass is 1170 g/mol. The van der Waals surface area contributed by atoms with Crippen LogP contribution in [0.1, 0.15) is 66.5 Å². The zero-order valence-corrected chi connectivity index (χ0v) is 45.1. The molecule has 1 aromatic heterocycles. The molecule has 8 N–H and O–H groups in total. The number of thiophene rings is 1. The molecule has 0 bridgehead atoms. The Morgan fingerprint density at radius 2 is 1.56 bits per heavy atom. The van der Waals surface area contributed by atoms with E-state index in [1.54, 1.807) is 37.3 Å². The average molecular weight is 1180 g/mol. The summed E-state index contributed by atoms with van der Waals surface area (Å²) in [7, 11) is -5.16. The van der Waals surface area contributed by atoms with Crippen LogP contribution in [0, 0.1) is 22.7 Å². The summed E-state index contributed by atoms with van der Waals surface area (Å²) in [5.41, 5.74) is -4.33. The standard InChI is InChI=1S/C52H59BrF2N5O15PS/c1-49-13-12-33(61)17-36(49)37(54)18-35-34-19-42-52(41(63)26-73-76(69,70)71,50(34,2)20-40(62)51(35,49)55)75-48(74-42)39-16-32(27-77-39)14-30-8-10-31(11-9-30)25-72-28-59-45(66)23-58-47(68)38(15-29-6-4-3-5-7-29)60-46(67)24-57-44(65)22-56-43(64)21-53/h3-13,16-17,27,34-35,37-38,40,42,48,62H,14-15,18-26,28H2,1-2H3,(H,56,64)(H,57,65)(H,58,68)(H,59,66)(H,60,67)(H2,69,70,71)/t34-,35-,37-,38-,40-,42+,48+,49-,50-,51-,52+/m0/s1. The van der Waals surface area contributed by atoms with E-state index in [9.17, 15) is 53.0 Å². The summed E-state index contributed by atoms with van der Waals surface area (Å²) in [4.78, 5) is 108. The van der Waals surface area contributed by atoms with E-state index in [0.29, 0.717) is 11.3 Å². The third-order valence-corrected chi connectivity index (χ3v) is 17.5. The molecule has 1 saturated heterocycles. The highest BCUT2D eigenvalue weighted by Gasteiger charge is 2.80. The number of carbonyl (C=O) groups is 7. The zero-order chi connectivity index (χ0) is 55.5. The second-order valence-electron chi connectivity index (χ2n) is 20.3. The Labute approximate surface area is 453 Å². The minimum absolute atomic E-state index is 0.00537. The van der Waals surface area contributed by atoms with E-state index in [1.165, 1.54) is 30.4 Å².